The van der Waals surface area contributed by atoms with Gasteiger partial charge in [0, 0.05) is 25.3 Å². The molecule has 0 atom stereocenters. The van der Waals surface area contributed by atoms with Crippen molar-refractivity contribution in [2.24, 2.45) is 5.73 Å². The van der Waals surface area contributed by atoms with Crippen LogP contribution >= 0.6 is 22.9 Å². The van der Waals surface area contributed by atoms with Crippen LogP contribution in [0.15, 0.2) is 30.5 Å². The predicted octanol–water partition coefficient (Wildman–Crippen LogP) is 4.35. The number of methoxy groups -OCH3 is 1. The Morgan fingerprint density at radius 2 is 2.00 bits per heavy atom. The molecule has 0 saturated heterocycles. The molecule has 0 unspecified atom stereocenters. The van der Waals surface area contributed by atoms with Crippen molar-refractivity contribution in [1.29, 1.82) is 0 Å². The van der Waals surface area contributed by atoms with Crippen LogP contribution in [0.5, 0.6) is 5.75 Å². The first-order valence-electron chi connectivity index (χ1n) is 8.77. The van der Waals surface area contributed by atoms with Gasteiger partial charge in [0.1, 0.15) is 22.9 Å². The van der Waals surface area contributed by atoms with Crippen molar-refractivity contribution in [1.82, 2.24) is 15.0 Å². The first-order valence-corrected chi connectivity index (χ1v) is 9.97. The van der Waals surface area contributed by atoms with Gasteiger partial charge in [-0.05, 0) is 30.7 Å². The number of rotatable bonds is 6. The molecular weight excluding hydrogens is 396 g/mol. The van der Waals surface area contributed by atoms with Crippen LogP contribution in [0.25, 0.3) is 31.8 Å². The molecule has 28 heavy (non-hydrogen) atoms. The van der Waals surface area contributed by atoms with Crippen molar-refractivity contribution in [3.8, 4) is 16.3 Å². The Balaban J connectivity index is 1.85. The number of hydrogen-bond acceptors (Lipinski definition) is 7. The smallest absolute Gasteiger partial charge is 0.126 e. The minimum atomic E-state index is 0.425. The van der Waals surface area contributed by atoms with E-state index in [1.165, 1.54) is 0 Å². The molecule has 0 aliphatic rings. The van der Waals surface area contributed by atoms with Gasteiger partial charge in [0.25, 0.3) is 0 Å². The van der Waals surface area contributed by atoms with E-state index in [-0.39, 0.29) is 0 Å². The number of aryl methyl sites for hydroxylation is 1. The lowest BCUT2D eigenvalue weighted by Crippen LogP contribution is -2.10. The molecule has 4 aromatic rings. The van der Waals surface area contributed by atoms with Gasteiger partial charge in [0.2, 0.25) is 0 Å². The van der Waals surface area contributed by atoms with Crippen LogP contribution < -0.4 is 10.5 Å². The Labute approximate surface area is 171 Å². The number of fused-ring (bicyclic) bond motifs is 2. The lowest BCUT2D eigenvalue weighted by molar-refractivity contribution is 0.181. The molecule has 0 aliphatic heterocycles. The van der Waals surface area contributed by atoms with E-state index in [2.05, 4.69) is 16.0 Å². The molecule has 6 nitrogen and oxygen atoms in total. The summed E-state index contributed by atoms with van der Waals surface area (Å²) in [7, 11) is 1.64. The van der Waals surface area contributed by atoms with E-state index in [9.17, 15) is 0 Å². The van der Waals surface area contributed by atoms with Crippen LogP contribution in [0.1, 0.15) is 11.3 Å². The van der Waals surface area contributed by atoms with Crippen molar-refractivity contribution in [3.63, 3.8) is 0 Å². The highest BCUT2D eigenvalue weighted by atomic mass is 35.5. The topological polar surface area (TPSA) is 83.2 Å². The molecule has 0 fully saturated rings. The molecule has 0 saturated carbocycles. The summed E-state index contributed by atoms with van der Waals surface area (Å²) in [5.41, 5.74) is 10.7. The lowest BCUT2D eigenvalue weighted by Gasteiger charge is -2.06. The zero-order chi connectivity index (χ0) is 19.7. The maximum atomic E-state index is 6.44. The van der Waals surface area contributed by atoms with Crippen molar-refractivity contribution < 1.29 is 9.47 Å². The number of ether oxygens (including phenoxy) is 2. The van der Waals surface area contributed by atoms with Crippen molar-refractivity contribution in [2.75, 3.05) is 20.3 Å². The monoisotopic (exact) mass is 414 g/mol. The average Bonchev–Trinajstić information content (AvgIpc) is 3.10. The molecule has 0 spiro atoms. The minimum absolute atomic E-state index is 0.425. The van der Waals surface area contributed by atoms with Crippen molar-refractivity contribution in [2.45, 2.75) is 13.5 Å². The van der Waals surface area contributed by atoms with Crippen molar-refractivity contribution in [3.05, 3.63) is 46.7 Å². The highest BCUT2D eigenvalue weighted by molar-refractivity contribution is 7.21. The Morgan fingerprint density at radius 3 is 2.79 bits per heavy atom. The number of nitrogens with two attached hydrogens (primary N) is 1. The number of thiazole rings is 1. The van der Waals surface area contributed by atoms with Gasteiger partial charge in [-0.25, -0.2) is 9.97 Å². The fourth-order valence-corrected chi connectivity index (χ4v) is 4.37. The molecule has 2 N–H and O–H groups in total. The van der Waals surface area contributed by atoms with E-state index in [4.69, 9.17) is 31.8 Å². The third kappa shape index (κ3) is 3.66. The quantitative estimate of drug-likeness (QED) is 0.505. The largest absolute Gasteiger partial charge is 0.492 e. The maximum Gasteiger partial charge on any atom is 0.126 e. The Hall–Kier alpha value is -2.32. The van der Waals surface area contributed by atoms with Crippen LogP contribution in [-0.2, 0) is 11.3 Å². The van der Waals surface area contributed by atoms with E-state index in [1.807, 2.05) is 19.1 Å². The van der Waals surface area contributed by atoms with Gasteiger partial charge >= 0.3 is 0 Å². The van der Waals surface area contributed by atoms with Gasteiger partial charge in [0.05, 0.1) is 39.3 Å². The van der Waals surface area contributed by atoms with Gasteiger partial charge < -0.3 is 15.2 Å². The fraction of sp³-hybridized carbons (Fsp3) is 0.250. The zero-order valence-corrected chi connectivity index (χ0v) is 17.1. The van der Waals surface area contributed by atoms with Crippen LogP contribution in [0.2, 0.25) is 5.02 Å². The van der Waals surface area contributed by atoms with E-state index >= 15 is 0 Å². The third-order valence-electron chi connectivity index (χ3n) is 4.17. The summed E-state index contributed by atoms with van der Waals surface area (Å²) in [6.45, 7) is 3.35. The summed E-state index contributed by atoms with van der Waals surface area (Å²) in [5, 5.41) is 1.40. The lowest BCUT2D eigenvalue weighted by atomic mass is 10.1. The standard InChI is InChI=1S/C20H19ClN4O2S/c1-11-5-14(18-16(6-11)24-12(9-23-18)10-26-2)20-25-19-15(21)7-13(27-4-3-22)8-17(19)28-20/h5-9H,3-4,10,22H2,1-2H3. The summed E-state index contributed by atoms with van der Waals surface area (Å²) < 4.78 is 11.7. The number of nitrogens with zero attached hydrogens (tertiary/aromatic N) is 3. The van der Waals surface area contributed by atoms with Gasteiger partial charge in [-0.3, -0.25) is 4.98 Å². The van der Waals surface area contributed by atoms with Gasteiger partial charge in [-0.15, -0.1) is 11.3 Å². The number of hydrogen-bond donors (Lipinski definition) is 1. The summed E-state index contributed by atoms with van der Waals surface area (Å²) in [4.78, 5) is 14.1. The second-order valence-electron chi connectivity index (χ2n) is 6.38. The Bertz CT molecular complexity index is 1160. The number of benzene rings is 2. The van der Waals surface area contributed by atoms with Crippen LogP contribution in [-0.4, -0.2) is 35.2 Å². The third-order valence-corrected chi connectivity index (χ3v) is 5.50. The number of halogens is 1. The van der Waals surface area contributed by atoms with Crippen molar-refractivity contribution >= 4 is 44.2 Å². The molecule has 0 aliphatic carbocycles. The molecule has 0 bridgehead atoms. The van der Waals surface area contributed by atoms with Gasteiger partial charge in [-0.1, -0.05) is 11.6 Å². The van der Waals surface area contributed by atoms with Gasteiger partial charge in [0.15, 0.2) is 0 Å². The second-order valence-corrected chi connectivity index (χ2v) is 7.82. The number of aromatic nitrogens is 3. The molecule has 2 heterocycles. The molecule has 0 radical (unpaired) electrons. The SMILES string of the molecule is COCc1cnc2c(-c3nc4c(Cl)cc(OCCN)cc4s3)cc(C)cc2n1. The van der Waals surface area contributed by atoms with E-state index < -0.39 is 0 Å². The zero-order valence-electron chi connectivity index (χ0n) is 15.5. The van der Waals surface area contributed by atoms with Crippen LogP contribution in [0.3, 0.4) is 0 Å². The van der Waals surface area contributed by atoms with Crippen LogP contribution in [0.4, 0.5) is 0 Å². The molecule has 8 heteroatoms. The van der Waals surface area contributed by atoms with E-state index in [0.29, 0.717) is 30.5 Å². The van der Waals surface area contributed by atoms with Crippen LogP contribution in [0, 0.1) is 6.92 Å². The predicted molar refractivity (Wildman–Crippen MR) is 113 cm³/mol. The second kappa shape index (κ2) is 7.97. The summed E-state index contributed by atoms with van der Waals surface area (Å²) >= 11 is 7.99. The molecule has 4 rings (SSSR count). The fourth-order valence-electron chi connectivity index (χ4n) is 3.02. The molecule has 0 amide bonds. The highest BCUT2D eigenvalue weighted by Crippen LogP contribution is 2.38. The first kappa shape index (κ1) is 19.0. The summed E-state index contributed by atoms with van der Waals surface area (Å²) in [5.74, 6) is 0.691. The van der Waals surface area contributed by atoms with E-state index in [1.54, 1.807) is 30.7 Å². The maximum absolute atomic E-state index is 6.44. The van der Waals surface area contributed by atoms with Gasteiger partial charge in [-0.2, -0.15) is 0 Å². The Kier molecular flexibility index (Phi) is 5.41. The molecule has 2 aromatic carbocycles. The molecule has 144 valence electrons. The normalized spacial score (nSPS) is 11.4. The van der Waals surface area contributed by atoms with E-state index in [0.717, 1.165) is 43.1 Å². The minimum Gasteiger partial charge on any atom is -0.492 e. The molecule has 2 aromatic heterocycles. The Morgan fingerprint density at radius 1 is 1.14 bits per heavy atom. The molecular formula is C20H19ClN4O2S. The summed E-state index contributed by atoms with van der Waals surface area (Å²) in [6, 6.07) is 7.81. The summed E-state index contributed by atoms with van der Waals surface area (Å²) in [6.07, 6.45) is 1.74. The first-order chi connectivity index (χ1) is 13.6. The average molecular weight is 415 g/mol. The highest BCUT2D eigenvalue weighted by Gasteiger charge is 2.15.